The monoisotopic (exact) mass is 652 g/mol. The van der Waals surface area contributed by atoms with E-state index in [1.54, 1.807) is 32.9 Å². The van der Waals surface area contributed by atoms with Crippen LogP contribution in [0.15, 0.2) is 30.4 Å². The lowest BCUT2D eigenvalue weighted by Gasteiger charge is -2.30. The fraction of sp³-hybridized carbons (Fsp3) is 0.588. The van der Waals surface area contributed by atoms with E-state index in [1.807, 2.05) is 19.1 Å². The number of rotatable bonds is 5. The lowest BCUT2D eigenvalue weighted by Crippen LogP contribution is -2.57. The molecule has 0 bridgehead atoms. The minimum Gasteiger partial charge on any atom is -0.471 e. The number of benzene rings is 1. The van der Waals surface area contributed by atoms with Crippen LogP contribution in [0.2, 0.25) is 0 Å². The standard InChI is InChI=1S/C34H45FN6O6/c1-6-23-29(39-27-22(35)14-12-16-24(27)37-23)46-21-17-26-28(42)40-34(31(44)36-5)18-20(34)13-10-8-7-9-11-15-25(30(43)41(26)19-21)38-32(45)47-33(2,3)4/h10,12-14,16,20-21,25-26H,6-9,11,15,17-19H2,1-5H3,(H,36,44)(H,38,45)(H,40,42)/b13-10-/t20-,21-,25+,26+,34-/m1/s1. The number of ether oxygens (including phenoxy) is 2. The number of nitrogens with zero attached hydrogens (tertiary/aromatic N) is 3. The molecule has 0 spiro atoms. The molecular weight excluding hydrogens is 607 g/mol. The van der Waals surface area contributed by atoms with Crippen LogP contribution < -0.4 is 20.7 Å². The molecule has 47 heavy (non-hydrogen) atoms. The van der Waals surface area contributed by atoms with Crippen molar-refractivity contribution in [2.75, 3.05) is 13.6 Å². The van der Waals surface area contributed by atoms with Crippen LogP contribution in [0.4, 0.5) is 9.18 Å². The summed E-state index contributed by atoms with van der Waals surface area (Å²) in [5.41, 5.74) is -0.935. The number of amides is 4. The molecule has 2 aromatic rings. The van der Waals surface area contributed by atoms with E-state index in [4.69, 9.17) is 9.47 Å². The largest absolute Gasteiger partial charge is 0.471 e. The molecule has 4 amide bonds. The first kappa shape index (κ1) is 34.1. The van der Waals surface area contributed by atoms with Crippen molar-refractivity contribution in [3.63, 3.8) is 0 Å². The number of hydrogen-bond acceptors (Lipinski definition) is 8. The maximum Gasteiger partial charge on any atom is 0.408 e. The zero-order valence-electron chi connectivity index (χ0n) is 27.7. The lowest BCUT2D eigenvalue weighted by molar-refractivity contribution is -0.141. The van der Waals surface area contributed by atoms with Crippen molar-refractivity contribution in [2.24, 2.45) is 5.92 Å². The van der Waals surface area contributed by atoms with Crippen LogP contribution in [0.1, 0.15) is 78.3 Å². The third-order valence-electron chi connectivity index (χ3n) is 8.86. The van der Waals surface area contributed by atoms with Crippen molar-refractivity contribution in [1.29, 1.82) is 0 Å². The molecule has 3 aliphatic rings. The van der Waals surface area contributed by atoms with Crippen LogP contribution in [0.25, 0.3) is 11.0 Å². The number of carbonyl (C=O) groups excluding carboxylic acids is 4. The van der Waals surface area contributed by atoms with Gasteiger partial charge in [-0.15, -0.1) is 0 Å². The van der Waals surface area contributed by atoms with Gasteiger partial charge < -0.3 is 30.3 Å². The third-order valence-corrected chi connectivity index (χ3v) is 8.86. The second kappa shape index (κ2) is 13.8. The molecule has 254 valence electrons. The molecule has 1 aromatic carbocycles. The van der Waals surface area contributed by atoms with Gasteiger partial charge in [0.2, 0.25) is 23.6 Å². The fourth-order valence-electron chi connectivity index (χ4n) is 6.38. The van der Waals surface area contributed by atoms with Gasteiger partial charge in [0.05, 0.1) is 12.1 Å². The second-order valence-electron chi connectivity index (χ2n) is 13.5. The predicted molar refractivity (Wildman–Crippen MR) is 172 cm³/mol. The minimum absolute atomic E-state index is 0.000132. The van der Waals surface area contributed by atoms with E-state index in [0.29, 0.717) is 36.9 Å². The zero-order chi connectivity index (χ0) is 33.9. The number of hydrogen-bond donors (Lipinski definition) is 3. The summed E-state index contributed by atoms with van der Waals surface area (Å²) in [4.78, 5) is 64.6. The van der Waals surface area contributed by atoms with Crippen molar-refractivity contribution >= 4 is 34.8 Å². The Kier molecular flexibility index (Phi) is 10.0. The molecule has 0 radical (unpaired) electrons. The molecule has 5 rings (SSSR count). The van der Waals surface area contributed by atoms with E-state index in [-0.39, 0.29) is 36.2 Å². The SMILES string of the molecule is CCc1nc2cccc(F)c2nc1O[C@@H]1C[C@H]2C(=O)N[C@]3(C(=O)NC)C[C@H]3/C=C\CCCCC[C@H](NC(=O)OC(C)(C)C)C(=O)N2C1. The van der Waals surface area contributed by atoms with Crippen molar-refractivity contribution in [3.8, 4) is 5.88 Å². The van der Waals surface area contributed by atoms with E-state index < -0.39 is 53.1 Å². The summed E-state index contributed by atoms with van der Waals surface area (Å²) < 4.78 is 26.4. The highest BCUT2D eigenvalue weighted by Gasteiger charge is 2.60. The van der Waals surface area contributed by atoms with Crippen LogP contribution >= 0.6 is 0 Å². The van der Waals surface area contributed by atoms with Crippen LogP contribution in [0.5, 0.6) is 5.88 Å². The van der Waals surface area contributed by atoms with Crippen LogP contribution in [0, 0.1) is 11.7 Å². The minimum atomic E-state index is -1.12. The van der Waals surface area contributed by atoms with Crippen LogP contribution in [-0.2, 0) is 25.5 Å². The van der Waals surface area contributed by atoms with Crippen molar-refractivity contribution in [3.05, 3.63) is 41.9 Å². The Hall–Kier alpha value is -4.29. The molecule has 1 saturated heterocycles. The fourth-order valence-corrected chi connectivity index (χ4v) is 6.38. The highest BCUT2D eigenvalue weighted by molar-refractivity contribution is 5.98. The molecule has 2 aliphatic heterocycles. The highest BCUT2D eigenvalue weighted by Crippen LogP contribution is 2.45. The first-order valence-electron chi connectivity index (χ1n) is 16.5. The number of nitrogens with one attached hydrogen (secondary N) is 3. The Balaban J connectivity index is 1.47. The number of para-hydroxylation sites is 1. The maximum absolute atomic E-state index is 14.7. The summed E-state index contributed by atoms with van der Waals surface area (Å²) in [6.45, 7) is 7.09. The lowest BCUT2D eigenvalue weighted by atomic mass is 10.0. The molecule has 3 N–H and O–H groups in total. The van der Waals surface area contributed by atoms with Gasteiger partial charge >= 0.3 is 6.09 Å². The molecular formula is C34H45FN6O6. The van der Waals surface area contributed by atoms with E-state index >= 15 is 0 Å². The number of halogens is 1. The second-order valence-corrected chi connectivity index (χ2v) is 13.5. The van der Waals surface area contributed by atoms with Crippen molar-refractivity contribution in [2.45, 2.75) is 108 Å². The number of carbonyl (C=O) groups is 4. The topological polar surface area (TPSA) is 152 Å². The average Bonchev–Trinajstić information content (AvgIpc) is 3.54. The molecule has 2 fully saturated rings. The number of aromatic nitrogens is 2. The first-order valence-corrected chi connectivity index (χ1v) is 16.5. The summed E-state index contributed by atoms with van der Waals surface area (Å²) in [6, 6.07) is 2.56. The Morgan fingerprint density at radius 1 is 1.17 bits per heavy atom. The summed E-state index contributed by atoms with van der Waals surface area (Å²) in [5, 5.41) is 8.37. The summed E-state index contributed by atoms with van der Waals surface area (Å²) in [6.07, 6.45) is 7.05. The molecule has 1 saturated carbocycles. The van der Waals surface area contributed by atoms with Gasteiger partial charge in [0.15, 0.2) is 5.82 Å². The van der Waals surface area contributed by atoms with Crippen molar-refractivity contribution < 1.29 is 33.0 Å². The molecule has 3 heterocycles. The van der Waals surface area contributed by atoms with Crippen LogP contribution in [0.3, 0.4) is 0 Å². The van der Waals surface area contributed by atoms with Gasteiger partial charge in [-0.1, -0.05) is 38.0 Å². The quantitative estimate of drug-likeness (QED) is 0.414. The van der Waals surface area contributed by atoms with E-state index in [0.717, 1.165) is 19.3 Å². The zero-order valence-corrected chi connectivity index (χ0v) is 27.7. The van der Waals surface area contributed by atoms with Gasteiger partial charge in [-0.3, -0.25) is 14.4 Å². The number of allylic oxidation sites excluding steroid dienone is 1. The number of likely N-dealkylation sites (N-methyl/N-ethyl adjacent to an activating group) is 1. The van der Waals surface area contributed by atoms with E-state index in [2.05, 4.69) is 25.9 Å². The van der Waals surface area contributed by atoms with Gasteiger partial charge in [-0.2, -0.15) is 0 Å². The van der Waals surface area contributed by atoms with E-state index in [1.165, 1.54) is 18.0 Å². The predicted octanol–water partition coefficient (Wildman–Crippen LogP) is 3.71. The Labute approximate surface area is 274 Å². The van der Waals surface area contributed by atoms with Gasteiger partial charge in [0, 0.05) is 19.4 Å². The van der Waals surface area contributed by atoms with Gasteiger partial charge in [-0.05, 0) is 65.0 Å². The van der Waals surface area contributed by atoms with Gasteiger partial charge in [0.25, 0.3) is 0 Å². The number of alkyl carbamates (subject to hydrolysis) is 1. The molecule has 1 aliphatic carbocycles. The normalized spacial score (nSPS) is 27.4. The Morgan fingerprint density at radius 2 is 1.96 bits per heavy atom. The number of fused-ring (bicyclic) bond motifs is 3. The van der Waals surface area contributed by atoms with Gasteiger partial charge in [-0.25, -0.2) is 19.2 Å². The smallest absolute Gasteiger partial charge is 0.408 e. The van der Waals surface area contributed by atoms with Gasteiger partial charge in [0.1, 0.15) is 40.5 Å². The van der Waals surface area contributed by atoms with Crippen molar-refractivity contribution in [1.82, 2.24) is 30.8 Å². The Morgan fingerprint density at radius 3 is 2.68 bits per heavy atom. The summed E-state index contributed by atoms with van der Waals surface area (Å²) in [7, 11) is 1.53. The molecule has 5 atom stereocenters. The summed E-state index contributed by atoms with van der Waals surface area (Å²) >= 11 is 0. The van der Waals surface area contributed by atoms with Crippen LogP contribution in [-0.4, -0.2) is 81.6 Å². The third kappa shape index (κ3) is 7.65. The number of aryl methyl sites for hydroxylation is 1. The molecule has 1 aromatic heterocycles. The summed E-state index contributed by atoms with van der Waals surface area (Å²) in [5.74, 6) is -1.85. The highest BCUT2D eigenvalue weighted by atomic mass is 19.1. The molecule has 12 nitrogen and oxygen atoms in total. The Bertz CT molecular complexity index is 1560. The van der Waals surface area contributed by atoms with E-state index in [9.17, 15) is 23.6 Å². The first-order chi connectivity index (χ1) is 22.3. The average molecular weight is 653 g/mol. The molecule has 13 heteroatoms. The molecule has 0 unspecified atom stereocenters. The maximum atomic E-state index is 14.7.